The monoisotopic (exact) mass is 496 g/mol. The number of fused-ring (bicyclic) bond motifs is 1. The van der Waals surface area contributed by atoms with Crippen LogP contribution in [-0.2, 0) is 10.0 Å². The Balaban J connectivity index is 0.00000241. The Labute approximate surface area is 208 Å². The zero-order valence-electron chi connectivity index (χ0n) is 20.1. The van der Waals surface area contributed by atoms with E-state index in [0.717, 1.165) is 5.56 Å². The minimum atomic E-state index is -4.08. The Kier molecular flexibility index (Phi) is 6.44. The summed E-state index contributed by atoms with van der Waals surface area (Å²) >= 11 is 0. The van der Waals surface area contributed by atoms with Gasteiger partial charge in [0, 0.05) is 46.2 Å². The first kappa shape index (κ1) is 24.5. The number of methoxy groups -OCH3 is 1. The van der Waals surface area contributed by atoms with E-state index >= 15 is 0 Å². The topological polar surface area (TPSA) is 140 Å². The summed E-state index contributed by atoms with van der Waals surface area (Å²) in [4.78, 5) is 11.6. The minimum absolute atomic E-state index is 0. The smallest absolute Gasteiger partial charge is 0.266 e. The fourth-order valence-corrected chi connectivity index (χ4v) is 5.21. The summed E-state index contributed by atoms with van der Waals surface area (Å²) < 4.78 is 34.6. The van der Waals surface area contributed by atoms with E-state index in [2.05, 4.69) is 30.8 Å². The third kappa shape index (κ3) is 4.42. The van der Waals surface area contributed by atoms with Crippen LogP contribution >= 0.6 is 0 Å². The zero-order chi connectivity index (χ0) is 25.5. The largest absolute Gasteiger partial charge is 0.481 e. The van der Waals surface area contributed by atoms with Crippen molar-refractivity contribution in [3.05, 3.63) is 29.6 Å². The number of aryl methyl sites for hydroxylation is 1. The second kappa shape index (κ2) is 9.20. The number of nitrogens with one attached hydrogen (secondary N) is 2. The van der Waals surface area contributed by atoms with E-state index in [4.69, 9.17) is 12.6 Å². The lowest BCUT2D eigenvalue weighted by Gasteiger charge is -2.27. The van der Waals surface area contributed by atoms with Crippen molar-refractivity contribution in [2.24, 2.45) is 11.0 Å². The van der Waals surface area contributed by atoms with Crippen molar-refractivity contribution in [1.29, 1.82) is 5.26 Å². The van der Waals surface area contributed by atoms with Gasteiger partial charge in [0.1, 0.15) is 12.7 Å². The molecule has 4 rings (SSSR count). The first-order chi connectivity index (χ1) is 16.6. The number of aromatic nitrogens is 3. The summed E-state index contributed by atoms with van der Waals surface area (Å²) in [6.07, 6.45) is 3.70. The summed E-state index contributed by atoms with van der Waals surface area (Å²) in [5.74, 6) is 0.0164. The highest BCUT2D eigenvalue weighted by atomic mass is 32.2. The lowest BCUT2D eigenvalue weighted by molar-refractivity contribution is 0.379. The standard InChI is InChI=1S/C22H25BN8O3S.2H2/c1-6-26-31(30(3)4)20-16(23)8-7-14-17(11-25-19(14)20)35(32,33)29-22-27-12(2)18(21(28-22)34-5)15-9-13(15)10-24;;/h6-8,11,13,15,25H,9H2,1-5H3,(H,27,28,29);2*1H/b26-6-;;. The quantitative estimate of drug-likeness (QED) is 0.275. The van der Waals surface area contributed by atoms with E-state index in [1.54, 1.807) is 56.4 Å². The van der Waals surface area contributed by atoms with Gasteiger partial charge in [-0.2, -0.15) is 20.5 Å². The third-order valence-corrected chi connectivity index (χ3v) is 7.13. The van der Waals surface area contributed by atoms with Gasteiger partial charge in [-0.1, -0.05) is 17.6 Å². The second-order valence-electron chi connectivity index (χ2n) is 8.33. The van der Waals surface area contributed by atoms with Crippen molar-refractivity contribution < 1.29 is 16.0 Å². The molecule has 2 heterocycles. The van der Waals surface area contributed by atoms with E-state index in [1.807, 2.05) is 0 Å². The molecule has 35 heavy (non-hydrogen) atoms. The molecular formula is C22H29BN8O3S. The normalized spacial score (nSPS) is 17.6. The van der Waals surface area contributed by atoms with Crippen molar-refractivity contribution in [1.82, 2.24) is 20.0 Å². The molecular weight excluding hydrogens is 467 g/mol. The number of ether oxygens (including phenoxy) is 1. The van der Waals surface area contributed by atoms with Crippen LogP contribution < -0.4 is 20.0 Å². The van der Waals surface area contributed by atoms with Crippen LogP contribution in [-0.4, -0.2) is 63.6 Å². The van der Waals surface area contributed by atoms with Gasteiger partial charge < -0.3 is 9.72 Å². The van der Waals surface area contributed by atoms with Gasteiger partial charge in [0.05, 0.1) is 36.0 Å². The summed E-state index contributed by atoms with van der Waals surface area (Å²) in [7, 11) is 7.19. The summed E-state index contributed by atoms with van der Waals surface area (Å²) in [5.41, 5.74) is 2.73. The average molecular weight is 496 g/mol. The third-order valence-electron chi connectivity index (χ3n) is 5.76. The summed E-state index contributed by atoms with van der Waals surface area (Å²) in [5, 5.41) is 17.2. The van der Waals surface area contributed by atoms with Crippen molar-refractivity contribution in [2.75, 3.05) is 31.0 Å². The number of hydrogen-bond donors (Lipinski definition) is 2. The van der Waals surface area contributed by atoms with Crippen LogP contribution in [0, 0.1) is 24.2 Å². The molecule has 0 saturated heterocycles. The van der Waals surface area contributed by atoms with Crippen LogP contribution in [0.1, 0.15) is 33.4 Å². The highest BCUT2D eigenvalue weighted by molar-refractivity contribution is 7.93. The number of anilines is 2. The van der Waals surface area contributed by atoms with E-state index < -0.39 is 10.0 Å². The molecule has 2 atom stereocenters. The van der Waals surface area contributed by atoms with Crippen LogP contribution in [0.5, 0.6) is 5.88 Å². The Morgan fingerprint density at radius 3 is 2.74 bits per heavy atom. The maximum atomic E-state index is 13.4. The molecule has 1 aliphatic rings. The lowest BCUT2D eigenvalue weighted by Crippen LogP contribution is -2.35. The number of hydrazone groups is 1. The Bertz CT molecular complexity index is 1470. The SMILES string of the molecule is [B]c1ccc2c(S(=O)(=O)Nc3nc(C)c(C4CC4C#N)c(OC)n3)c[nH]c2c1N(/N=C\C)N(C)C.[HH].[HH]. The van der Waals surface area contributed by atoms with Gasteiger partial charge >= 0.3 is 0 Å². The predicted molar refractivity (Wildman–Crippen MR) is 139 cm³/mol. The second-order valence-corrected chi connectivity index (χ2v) is 9.98. The highest BCUT2D eigenvalue weighted by Crippen LogP contribution is 2.50. The van der Waals surface area contributed by atoms with Crippen molar-refractivity contribution >= 4 is 52.1 Å². The molecule has 0 aliphatic heterocycles. The predicted octanol–water partition coefficient (Wildman–Crippen LogP) is 2.28. The molecule has 2 radical (unpaired) electrons. The molecule has 11 nitrogen and oxygen atoms in total. The fraction of sp³-hybridized carbons (Fsp3) is 0.364. The molecule has 1 fully saturated rings. The van der Waals surface area contributed by atoms with Crippen LogP contribution in [0.4, 0.5) is 11.6 Å². The van der Waals surface area contributed by atoms with E-state index in [0.29, 0.717) is 34.2 Å². The first-order valence-corrected chi connectivity index (χ1v) is 12.3. The molecule has 2 unspecified atom stereocenters. The van der Waals surface area contributed by atoms with Crippen molar-refractivity contribution in [3.8, 4) is 11.9 Å². The number of aromatic amines is 1. The number of sulfonamides is 1. The maximum Gasteiger partial charge on any atom is 0.266 e. The average Bonchev–Trinajstić information content (AvgIpc) is 3.44. The number of nitrogens with zero attached hydrogens (tertiary/aromatic N) is 6. The van der Waals surface area contributed by atoms with Gasteiger partial charge in [-0.3, -0.25) is 0 Å². The molecule has 1 aliphatic carbocycles. The van der Waals surface area contributed by atoms with E-state index in [-0.39, 0.29) is 31.4 Å². The maximum absolute atomic E-state index is 13.4. The number of H-pyrrole nitrogens is 1. The number of rotatable bonds is 8. The molecule has 3 aromatic rings. The lowest BCUT2D eigenvalue weighted by atomic mass is 9.93. The Morgan fingerprint density at radius 1 is 1.40 bits per heavy atom. The Morgan fingerprint density at radius 2 is 2.14 bits per heavy atom. The number of hydrazine groups is 1. The molecule has 1 saturated carbocycles. The molecule has 13 heteroatoms. The van der Waals surface area contributed by atoms with Crippen LogP contribution in [0.25, 0.3) is 10.9 Å². The minimum Gasteiger partial charge on any atom is -0.481 e. The fourth-order valence-electron chi connectivity index (χ4n) is 4.10. The highest BCUT2D eigenvalue weighted by Gasteiger charge is 2.42. The number of nitriles is 1. The van der Waals surface area contributed by atoms with Crippen LogP contribution in [0.15, 0.2) is 28.3 Å². The molecule has 184 valence electrons. The van der Waals surface area contributed by atoms with Gasteiger partial charge in [-0.15, -0.1) is 0 Å². The van der Waals surface area contributed by atoms with Crippen molar-refractivity contribution in [2.45, 2.75) is 31.1 Å². The first-order valence-electron chi connectivity index (χ1n) is 10.8. The van der Waals surface area contributed by atoms with E-state index in [1.165, 1.54) is 13.3 Å². The van der Waals surface area contributed by atoms with Gasteiger partial charge in [-0.25, -0.2) is 23.1 Å². The van der Waals surface area contributed by atoms with Crippen molar-refractivity contribution in [3.63, 3.8) is 0 Å². The van der Waals surface area contributed by atoms with E-state index in [9.17, 15) is 13.7 Å². The van der Waals surface area contributed by atoms with Gasteiger partial charge in [0.15, 0.2) is 0 Å². The Hall–Kier alpha value is -3.63. The van der Waals surface area contributed by atoms with Crippen LogP contribution in [0.3, 0.4) is 0 Å². The molecule has 2 aromatic heterocycles. The zero-order valence-corrected chi connectivity index (χ0v) is 20.9. The summed E-state index contributed by atoms with van der Waals surface area (Å²) in [6, 6.07) is 5.50. The molecule has 0 spiro atoms. The summed E-state index contributed by atoms with van der Waals surface area (Å²) in [6.45, 7) is 3.52. The molecule has 0 amide bonds. The van der Waals surface area contributed by atoms with Gasteiger partial charge in [0.2, 0.25) is 11.8 Å². The number of benzene rings is 1. The van der Waals surface area contributed by atoms with Gasteiger partial charge in [-0.05, 0) is 20.3 Å². The molecule has 1 aromatic carbocycles. The number of hydrogen-bond acceptors (Lipinski definition) is 9. The molecule has 2 N–H and O–H groups in total. The molecule has 0 bridgehead atoms. The van der Waals surface area contributed by atoms with Crippen LogP contribution in [0.2, 0.25) is 0 Å². The van der Waals surface area contributed by atoms with Gasteiger partial charge in [0.25, 0.3) is 10.0 Å².